The second-order valence-corrected chi connectivity index (χ2v) is 9.72. The molecular weight excluding hydrogens is 479 g/mol. The van der Waals surface area contributed by atoms with Crippen LogP contribution in [0.15, 0.2) is 82.0 Å². The van der Waals surface area contributed by atoms with E-state index >= 15 is 0 Å². The number of carbonyl (C=O) groups is 2. The number of thioether (sulfide) groups is 1. The summed E-state index contributed by atoms with van der Waals surface area (Å²) in [6.45, 7) is 3.01. The van der Waals surface area contributed by atoms with Crippen LogP contribution in [0.1, 0.15) is 37.8 Å². The summed E-state index contributed by atoms with van der Waals surface area (Å²) < 4.78 is 19.4. The number of ether oxygens (including phenoxy) is 1. The van der Waals surface area contributed by atoms with Gasteiger partial charge in [-0.3, -0.25) is 9.59 Å². The monoisotopic (exact) mass is 506 g/mol. The number of nitrogens with zero attached hydrogens (tertiary/aromatic N) is 2. The van der Waals surface area contributed by atoms with Gasteiger partial charge in [-0.05, 0) is 55.0 Å². The number of carbonyl (C=O) groups excluding carboxylic acids is 2. The zero-order chi connectivity index (χ0) is 25.1. The van der Waals surface area contributed by atoms with Crippen molar-refractivity contribution in [2.24, 2.45) is 4.99 Å². The molecule has 0 saturated carbocycles. The Morgan fingerprint density at radius 2 is 1.94 bits per heavy atom. The number of anilines is 1. The summed E-state index contributed by atoms with van der Waals surface area (Å²) in [5.74, 6) is -0.785. The highest BCUT2D eigenvalue weighted by atomic mass is 32.2. The van der Waals surface area contributed by atoms with Crippen molar-refractivity contribution in [3.63, 3.8) is 0 Å². The molecule has 3 heterocycles. The Kier molecular flexibility index (Phi) is 7.20. The summed E-state index contributed by atoms with van der Waals surface area (Å²) in [5.41, 5.74) is 3.15. The fourth-order valence-electron chi connectivity index (χ4n) is 4.60. The molecule has 7 nitrogen and oxygen atoms in total. The standard InChI is InChI=1S/C27H27FN4O3S/c1-17-24(26(34)31-20-6-3-2-4-7-20)25(18-9-11-19(28)12-10-18)32-21(16-36-27(32)30-17)14-23(33)29-15-22-8-5-13-35-22/h2-4,6-7,9-12,16,22,25H,5,8,13-15H2,1H3,(H,29,33)(H,31,34)/t22-,25+/m1/s1. The summed E-state index contributed by atoms with van der Waals surface area (Å²) in [7, 11) is 0. The van der Waals surface area contributed by atoms with Gasteiger partial charge in [0.25, 0.3) is 5.91 Å². The summed E-state index contributed by atoms with van der Waals surface area (Å²) in [5, 5.41) is 8.49. The number of para-hydroxylation sites is 1. The van der Waals surface area contributed by atoms with Crippen molar-refractivity contribution >= 4 is 34.4 Å². The quantitative estimate of drug-likeness (QED) is 0.568. The lowest BCUT2D eigenvalue weighted by molar-refractivity contribution is -0.121. The molecule has 5 rings (SSSR count). The number of nitrogens with one attached hydrogen (secondary N) is 2. The number of hydrogen-bond acceptors (Lipinski definition) is 6. The molecule has 1 saturated heterocycles. The van der Waals surface area contributed by atoms with E-state index in [4.69, 9.17) is 9.73 Å². The Hall–Kier alpha value is -3.43. The van der Waals surface area contributed by atoms with Crippen LogP contribution >= 0.6 is 11.8 Å². The van der Waals surface area contributed by atoms with E-state index in [1.54, 1.807) is 19.1 Å². The van der Waals surface area contributed by atoms with Crippen molar-refractivity contribution in [2.75, 3.05) is 18.5 Å². The van der Waals surface area contributed by atoms with Crippen LogP contribution in [0.2, 0.25) is 0 Å². The topological polar surface area (TPSA) is 83.0 Å². The third-order valence-electron chi connectivity index (χ3n) is 6.36. The molecule has 0 spiro atoms. The van der Waals surface area contributed by atoms with E-state index in [2.05, 4.69) is 10.6 Å². The molecule has 0 bridgehead atoms. The second kappa shape index (κ2) is 10.7. The Labute approximate surface area is 213 Å². The summed E-state index contributed by atoms with van der Waals surface area (Å²) in [4.78, 5) is 33.0. The fraction of sp³-hybridized carbons (Fsp3) is 0.296. The smallest absolute Gasteiger partial charge is 0.255 e. The minimum absolute atomic E-state index is 0.0545. The number of benzene rings is 2. The minimum atomic E-state index is -0.561. The van der Waals surface area contributed by atoms with Crippen molar-refractivity contribution in [1.29, 1.82) is 0 Å². The average Bonchev–Trinajstić information content (AvgIpc) is 3.53. The van der Waals surface area contributed by atoms with Gasteiger partial charge < -0.3 is 20.3 Å². The van der Waals surface area contributed by atoms with Crippen LogP contribution in [0.25, 0.3) is 0 Å². The van der Waals surface area contributed by atoms with Gasteiger partial charge in [0.15, 0.2) is 5.17 Å². The van der Waals surface area contributed by atoms with Gasteiger partial charge in [-0.15, -0.1) is 0 Å². The summed E-state index contributed by atoms with van der Waals surface area (Å²) >= 11 is 1.41. The summed E-state index contributed by atoms with van der Waals surface area (Å²) in [6, 6.07) is 14.7. The molecule has 3 aliphatic rings. The first-order valence-electron chi connectivity index (χ1n) is 11.9. The molecule has 2 amide bonds. The van der Waals surface area contributed by atoms with Gasteiger partial charge in [0, 0.05) is 24.5 Å². The third-order valence-corrected chi connectivity index (χ3v) is 7.24. The number of rotatable bonds is 7. The first-order chi connectivity index (χ1) is 17.5. The maximum Gasteiger partial charge on any atom is 0.255 e. The lowest BCUT2D eigenvalue weighted by atomic mass is 9.93. The highest BCUT2D eigenvalue weighted by Crippen LogP contribution is 2.44. The number of amides is 2. The molecule has 0 aliphatic carbocycles. The average molecular weight is 507 g/mol. The number of aliphatic imine (C=N–C) groups is 1. The molecular formula is C27H27FN4O3S. The van der Waals surface area contributed by atoms with Gasteiger partial charge in [-0.2, -0.15) is 0 Å². The first kappa shape index (κ1) is 24.3. The van der Waals surface area contributed by atoms with Gasteiger partial charge in [0.1, 0.15) is 5.82 Å². The normalized spacial score (nSPS) is 21.1. The van der Waals surface area contributed by atoms with Crippen LogP contribution in [0, 0.1) is 5.82 Å². The van der Waals surface area contributed by atoms with Crippen molar-refractivity contribution < 1.29 is 18.7 Å². The van der Waals surface area contributed by atoms with E-state index in [1.165, 1.54) is 23.9 Å². The molecule has 0 unspecified atom stereocenters. The number of hydrogen-bond donors (Lipinski definition) is 2. The predicted molar refractivity (Wildman–Crippen MR) is 138 cm³/mol. The van der Waals surface area contributed by atoms with E-state index in [0.717, 1.165) is 30.7 Å². The van der Waals surface area contributed by atoms with Gasteiger partial charge in [-0.25, -0.2) is 9.38 Å². The maximum absolute atomic E-state index is 13.8. The van der Waals surface area contributed by atoms with Crippen molar-refractivity contribution in [3.8, 4) is 0 Å². The molecule has 2 N–H and O–H groups in total. The molecule has 9 heteroatoms. The van der Waals surface area contributed by atoms with Crippen LogP contribution in [-0.4, -0.2) is 41.1 Å². The lowest BCUT2D eigenvalue weighted by Crippen LogP contribution is -2.39. The number of fused-ring (bicyclic) bond motifs is 1. The fourth-order valence-corrected chi connectivity index (χ4v) is 5.56. The number of allylic oxidation sites excluding steroid dienone is 1. The highest BCUT2D eigenvalue weighted by molar-refractivity contribution is 8.16. The Bertz CT molecular complexity index is 1240. The molecule has 3 aliphatic heterocycles. The van der Waals surface area contributed by atoms with Gasteiger partial charge in [0.2, 0.25) is 5.91 Å². The summed E-state index contributed by atoms with van der Waals surface area (Å²) in [6.07, 6.45) is 2.13. The highest BCUT2D eigenvalue weighted by Gasteiger charge is 2.40. The molecule has 0 radical (unpaired) electrons. The van der Waals surface area contributed by atoms with Crippen LogP contribution in [0.4, 0.5) is 10.1 Å². The van der Waals surface area contributed by atoms with E-state index in [0.29, 0.717) is 28.7 Å². The molecule has 2 atom stereocenters. The zero-order valence-corrected chi connectivity index (χ0v) is 20.7. The Balaban J connectivity index is 1.42. The van der Waals surface area contributed by atoms with Crippen LogP contribution in [0.5, 0.6) is 0 Å². The molecule has 0 aromatic heterocycles. The van der Waals surface area contributed by atoms with E-state index in [-0.39, 0.29) is 30.2 Å². The maximum atomic E-state index is 13.8. The second-order valence-electron chi connectivity index (χ2n) is 8.88. The molecule has 1 fully saturated rings. The van der Waals surface area contributed by atoms with E-state index in [9.17, 15) is 14.0 Å². The minimum Gasteiger partial charge on any atom is -0.376 e. The van der Waals surface area contributed by atoms with Crippen molar-refractivity contribution in [2.45, 2.75) is 38.3 Å². The SMILES string of the molecule is CC1=C(C(=O)Nc2ccccc2)[C@H](c2ccc(F)cc2)N2C(CC(=O)NC[C@H]3CCCO3)=CSC2=N1. The van der Waals surface area contributed by atoms with Crippen molar-refractivity contribution in [3.05, 3.63) is 88.4 Å². The first-order valence-corrected chi connectivity index (χ1v) is 12.8. The van der Waals surface area contributed by atoms with Crippen molar-refractivity contribution in [1.82, 2.24) is 10.2 Å². The number of amidine groups is 1. The van der Waals surface area contributed by atoms with Gasteiger partial charge >= 0.3 is 0 Å². The van der Waals surface area contributed by atoms with Crippen LogP contribution in [-0.2, 0) is 14.3 Å². The Morgan fingerprint density at radius 3 is 2.67 bits per heavy atom. The van der Waals surface area contributed by atoms with Gasteiger partial charge in [0.05, 0.1) is 29.8 Å². The molecule has 36 heavy (non-hydrogen) atoms. The van der Waals surface area contributed by atoms with Gasteiger partial charge in [-0.1, -0.05) is 42.1 Å². The number of halogens is 1. The molecule has 186 valence electrons. The molecule has 2 aromatic rings. The zero-order valence-electron chi connectivity index (χ0n) is 19.9. The third kappa shape index (κ3) is 5.22. The van der Waals surface area contributed by atoms with Crippen LogP contribution in [0.3, 0.4) is 0 Å². The van der Waals surface area contributed by atoms with E-state index in [1.807, 2.05) is 40.6 Å². The Morgan fingerprint density at radius 1 is 1.17 bits per heavy atom. The van der Waals surface area contributed by atoms with E-state index < -0.39 is 6.04 Å². The van der Waals surface area contributed by atoms with Crippen LogP contribution < -0.4 is 10.6 Å². The lowest BCUT2D eigenvalue weighted by Gasteiger charge is -2.36. The molecule has 2 aromatic carbocycles. The largest absolute Gasteiger partial charge is 0.376 e. The predicted octanol–water partition coefficient (Wildman–Crippen LogP) is 4.72.